The molecule has 1 spiro atoms. The Balaban J connectivity index is 1.71. The van der Waals surface area contributed by atoms with Gasteiger partial charge in [0.25, 0.3) is 0 Å². The molecular weight excluding hydrogens is 376 g/mol. The standard InChI is InChI=1S/C26H38O4/c1-16(2)14-21(27)30-22-17(3)18-8-9-20-24(4)11-7-12-25(5,23(28)29-6)19(24)10-13-26(20,22)15-18/h14,18-20,22H,3,7-13,15H2,1-2,4-6H3. The van der Waals surface area contributed by atoms with Gasteiger partial charge in [0.15, 0.2) is 0 Å². The monoisotopic (exact) mass is 414 g/mol. The summed E-state index contributed by atoms with van der Waals surface area (Å²) in [7, 11) is 1.52. The minimum atomic E-state index is -0.413. The van der Waals surface area contributed by atoms with Crippen LogP contribution in [-0.2, 0) is 19.1 Å². The minimum Gasteiger partial charge on any atom is -0.469 e. The number of hydrogen-bond donors (Lipinski definition) is 0. The molecule has 0 aromatic rings. The van der Waals surface area contributed by atoms with Crippen LogP contribution in [0.3, 0.4) is 0 Å². The number of carbonyl (C=O) groups is 2. The number of esters is 2. The van der Waals surface area contributed by atoms with E-state index in [9.17, 15) is 9.59 Å². The van der Waals surface area contributed by atoms with Crippen molar-refractivity contribution in [2.24, 2.45) is 34.0 Å². The highest BCUT2D eigenvalue weighted by atomic mass is 16.5. The van der Waals surface area contributed by atoms with Crippen LogP contribution in [0.25, 0.3) is 0 Å². The zero-order valence-electron chi connectivity index (χ0n) is 19.4. The van der Waals surface area contributed by atoms with Gasteiger partial charge in [0, 0.05) is 11.5 Å². The number of ether oxygens (including phenoxy) is 2. The maximum absolute atomic E-state index is 12.9. The minimum absolute atomic E-state index is 0.0231. The molecule has 4 aliphatic rings. The van der Waals surface area contributed by atoms with Crippen molar-refractivity contribution in [3.8, 4) is 0 Å². The summed E-state index contributed by atoms with van der Waals surface area (Å²) in [6.45, 7) is 12.8. The van der Waals surface area contributed by atoms with E-state index in [-0.39, 0.29) is 28.9 Å². The second-order valence-corrected chi connectivity index (χ2v) is 11.2. The van der Waals surface area contributed by atoms with Crippen LogP contribution < -0.4 is 0 Å². The smallest absolute Gasteiger partial charge is 0.331 e. The van der Waals surface area contributed by atoms with Crippen LogP contribution in [-0.4, -0.2) is 25.2 Å². The van der Waals surface area contributed by atoms with E-state index in [4.69, 9.17) is 9.47 Å². The molecule has 0 N–H and O–H groups in total. The van der Waals surface area contributed by atoms with E-state index in [1.807, 2.05) is 13.8 Å². The molecule has 0 aromatic carbocycles. The quantitative estimate of drug-likeness (QED) is 0.342. The van der Waals surface area contributed by atoms with Crippen LogP contribution >= 0.6 is 0 Å². The van der Waals surface area contributed by atoms with Crippen molar-refractivity contribution in [3.63, 3.8) is 0 Å². The number of fused-ring (bicyclic) bond motifs is 3. The predicted octanol–water partition coefficient (Wildman–Crippen LogP) is 5.62. The number of methoxy groups -OCH3 is 1. The number of hydrogen-bond acceptors (Lipinski definition) is 4. The van der Waals surface area contributed by atoms with Crippen LogP contribution in [0.1, 0.15) is 79.1 Å². The summed E-state index contributed by atoms with van der Waals surface area (Å²) in [5, 5.41) is 0. The largest absolute Gasteiger partial charge is 0.469 e. The molecule has 7 unspecified atom stereocenters. The van der Waals surface area contributed by atoms with Crippen molar-refractivity contribution in [2.45, 2.75) is 85.2 Å². The van der Waals surface area contributed by atoms with E-state index in [0.717, 1.165) is 62.5 Å². The highest BCUT2D eigenvalue weighted by Crippen LogP contribution is 2.72. The third-order valence-electron chi connectivity index (χ3n) is 9.47. The molecule has 0 radical (unpaired) electrons. The average Bonchev–Trinajstić information content (AvgIpc) is 2.86. The van der Waals surface area contributed by atoms with E-state index < -0.39 is 5.41 Å². The summed E-state index contributed by atoms with van der Waals surface area (Å²) in [6, 6.07) is 0. The zero-order valence-corrected chi connectivity index (χ0v) is 19.4. The summed E-state index contributed by atoms with van der Waals surface area (Å²) in [5.41, 5.74) is 1.71. The van der Waals surface area contributed by atoms with Gasteiger partial charge in [-0.15, -0.1) is 0 Å². The SMILES string of the molecule is C=C1C2CCC3C4(C)CCCC(C)(C(=O)OC)C4CCC3(C2)C1OC(=O)C=C(C)C. The van der Waals surface area contributed by atoms with Gasteiger partial charge in [-0.2, -0.15) is 0 Å². The lowest BCUT2D eigenvalue weighted by Gasteiger charge is -2.64. The molecule has 0 aromatic heterocycles. The van der Waals surface area contributed by atoms with Gasteiger partial charge in [-0.3, -0.25) is 4.79 Å². The number of carbonyl (C=O) groups excluding carboxylic acids is 2. The van der Waals surface area contributed by atoms with Crippen LogP contribution in [0.15, 0.2) is 23.8 Å². The molecule has 4 fully saturated rings. The highest BCUT2D eigenvalue weighted by Gasteiger charge is 2.68. The second kappa shape index (κ2) is 7.24. The Morgan fingerprint density at radius 1 is 1.07 bits per heavy atom. The van der Waals surface area contributed by atoms with Gasteiger partial charge < -0.3 is 9.47 Å². The van der Waals surface area contributed by atoms with Crippen molar-refractivity contribution < 1.29 is 19.1 Å². The molecular formula is C26H38O4. The third-order valence-corrected chi connectivity index (χ3v) is 9.47. The molecule has 0 saturated heterocycles. The van der Waals surface area contributed by atoms with Gasteiger partial charge in [0.1, 0.15) is 6.10 Å². The molecule has 0 amide bonds. The fraction of sp³-hybridized carbons (Fsp3) is 0.769. The maximum atomic E-state index is 12.9. The average molecular weight is 415 g/mol. The van der Waals surface area contributed by atoms with Crippen LogP contribution in [0.2, 0.25) is 0 Å². The van der Waals surface area contributed by atoms with Gasteiger partial charge >= 0.3 is 11.9 Å². The molecule has 0 heterocycles. The fourth-order valence-electron chi connectivity index (χ4n) is 8.39. The number of allylic oxidation sites excluding steroid dienone is 1. The first kappa shape index (κ1) is 21.6. The zero-order chi connectivity index (χ0) is 21.9. The maximum Gasteiger partial charge on any atom is 0.331 e. The van der Waals surface area contributed by atoms with Crippen LogP contribution in [0.5, 0.6) is 0 Å². The molecule has 2 bridgehead atoms. The Kier molecular flexibility index (Phi) is 5.22. The Bertz CT molecular complexity index is 793. The lowest BCUT2D eigenvalue weighted by Crippen LogP contribution is -2.60. The summed E-state index contributed by atoms with van der Waals surface area (Å²) in [6.07, 6.45) is 9.87. The van der Waals surface area contributed by atoms with Crippen molar-refractivity contribution in [2.75, 3.05) is 7.11 Å². The number of rotatable bonds is 3. The lowest BCUT2D eigenvalue weighted by atomic mass is 9.40. The molecule has 30 heavy (non-hydrogen) atoms. The molecule has 4 rings (SSSR count). The fourth-order valence-corrected chi connectivity index (χ4v) is 8.39. The Hall–Kier alpha value is -1.58. The van der Waals surface area contributed by atoms with Crippen LogP contribution in [0.4, 0.5) is 0 Å². The van der Waals surface area contributed by atoms with Gasteiger partial charge in [-0.1, -0.05) is 25.5 Å². The van der Waals surface area contributed by atoms with Crippen molar-refractivity contribution in [1.82, 2.24) is 0 Å². The van der Waals surface area contributed by atoms with Crippen molar-refractivity contribution >= 4 is 11.9 Å². The molecule has 4 nitrogen and oxygen atoms in total. The van der Waals surface area contributed by atoms with E-state index in [1.165, 1.54) is 7.11 Å². The molecule has 0 aliphatic heterocycles. The predicted molar refractivity (Wildman–Crippen MR) is 117 cm³/mol. The van der Waals surface area contributed by atoms with E-state index in [1.54, 1.807) is 6.08 Å². The molecule has 4 saturated carbocycles. The Labute approximate surface area is 181 Å². The second-order valence-electron chi connectivity index (χ2n) is 11.2. The Morgan fingerprint density at radius 2 is 1.80 bits per heavy atom. The van der Waals surface area contributed by atoms with Gasteiger partial charge in [0.05, 0.1) is 12.5 Å². The lowest BCUT2D eigenvalue weighted by molar-refractivity contribution is -0.196. The van der Waals surface area contributed by atoms with E-state index in [0.29, 0.717) is 17.8 Å². The highest BCUT2D eigenvalue weighted by molar-refractivity contribution is 5.83. The molecule has 4 heteroatoms. The van der Waals surface area contributed by atoms with E-state index in [2.05, 4.69) is 20.4 Å². The normalized spacial score (nSPS) is 44.5. The van der Waals surface area contributed by atoms with Gasteiger partial charge in [-0.05, 0) is 94.5 Å². The summed E-state index contributed by atoms with van der Waals surface area (Å²) in [5.74, 6) is 0.943. The topological polar surface area (TPSA) is 52.6 Å². The van der Waals surface area contributed by atoms with Crippen LogP contribution in [0, 0.1) is 34.0 Å². The van der Waals surface area contributed by atoms with Crippen molar-refractivity contribution in [1.29, 1.82) is 0 Å². The van der Waals surface area contributed by atoms with Gasteiger partial charge in [0.2, 0.25) is 0 Å². The Morgan fingerprint density at radius 3 is 2.47 bits per heavy atom. The summed E-state index contributed by atoms with van der Waals surface area (Å²) >= 11 is 0. The van der Waals surface area contributed by atoms with Gasteiger partial charge in [-0.25, -0.2) is 4.79 Å². The first-order valence-corrected chi connectivity index (χ1v) is 11.7. The molecule has 166 valence electrons. The first-order chi connectivity index (χ1) is 14.1. The van der Waals surface area contributed by atoms with E-state index >= 15 is 0 Å². The third kappa shape index (κ3) is 2.92. The summed E-state index contributed by atoms with van der Waals surface area (Å²) < 4.78 is 11.4. The molecule has 7 atom stereocenters. The first-order valence-electron chi connectivity index (χ1n) is 11.7. The van der Waals surface area contributed by atoms with Crippen molar-refractivity contribution in [3.05, 3.63) is 23.8 Å². The molecule has 4 aliphatic carbocycles. The summed E-state index contributed by atoms with van der Waals surface area (Å²) in [4.78, 5) is 25.5.